The van der Waals surface area contributed by atoms with Crippen molar-refractivity contribution in [3.05, 3.63) is 75.5 Å². The van der Waals surface area contributed by atoms with E-state index in [0.29, 0.717) is 16.8 Å². The topological polar surface area (TPSA) is 147 Å². The first kappa shape index (κ1) is 28.3. The zero-order valence-corrected chi connectivity index (χ0v) is 22.1. The first-order chi connectivity index (χ1) is 18.9. The molecular weight excluding hydrogens is 553 g/mol. The van der Waals surface area contributed by atoms with E-state index in [1.165, 1.54) is 22.9 Å². The molecule has 0 aliphatic carbocycles. The summed E-state index contributed by atoms with van der Waals surface area (Å²) in [5.41, 5.74) is 0.856. The number of allylic oxidation sites excluding steroid dienone is 2. The van der Waals surface area contributed by atoms with Gasteiger partial charge in [0.05, 0.1) is 40.2 Å². The summed E-state index contributed by atoms with van der Waals surface area (Å²) in [6.45, 7) is 3.15. The standard InChI is InChI=1S/C24H22ClF3N10O2/c1-4-30-20(39)16-9-14(11-29)8-13(2)19(16)31-21(40)18-10-15(12-37-23(24(26,27)28)32-34-35-37)33-38(18)22-17(25)6-5-7-36(22)3/h5-10,22H,4,12H2,1-3H3,(H,30,39)(H,31,40). The van der Waals surface area contributed by atoms with E-state index < -0.39 is 36.5 Å². The Bertz CT molecular complexity index is 1570. The summed E-state index contributed by atoms with van der Waals surface area (Å²) in [5, 5.41) is 28.9. The van der Waals surface area contributed by atoms with Crippen molar-refractivity contribution in [2.75, 3.05) is 18.9 Å². The van der Waals surface area contributed by atoms with Crippen LogP contribution < -0.4 is 10.6 Å². The number of aromatic nitrogens is 6. The number of benzene rings is 1. The lowest BCUT2D eigenvalue weighted by atomic mass is 10.0. The number of nitrogens with one attached hydrogen (secondary N) is 2. The molecule has 40 heavy (non-hydrogen) atoms. The van der Waals surface area contributed by atoms with Gasteiger partial charge < -0.3 is 15.5 Å². The van der Waals surface area contributed by atoms with Gasteiger partial charge in [-0.2, -0.15) is 23.5 Å². The van der Waals surface area contributed by atoms with Crippen LogP contribution >= 0.6 is 11.6 Å². The number of anilines is 1. The van der Waals surface area contributed by atoms with E-state index in [-0.39, 0.29) is 33.2 Å². The molecule has 3 heterocycles. The van der Waals surface area contributed by atoms with E-state index in [1.54, 1.807) is 44.1 Å². The van der Waals surface area contributed by atoms with Crippen molar-refractivity contribution in [1.82, 2.24) is 40.2 Å². The van der Waals surface area contributed by atoms with Crippen molar-refractivity contribution >= 4 is 29.1 Å². The fourth-order valence-corrected chi connectivity index (χ4v) is 4.42. The van der Waals surface area contributed by atoms with Crippen LogP contribution in [-0.4, -0.2) is 60.3 Å². The minimum absolute atomic E-state index is 0.0378. The molecule has 0 spiro atoms. The molecule has 0 radical (unpaired) electrons. The van der Waals surface area contributed by atoms with Crippen molar-refractivity contribution in [3.8, 4) is 6.07 Å². The molecule has 2 amide bonds. The molecule has 1 unspecified atom stereocenters. The maximum atomic E-state index is 13.7. The molecule has 208 valence electrons. The van der Waals surface area contributed by atoms with Gasteiger partial charge in [-0.15, -0.1) is 5.10 Å². The SMILES string of the molecule is CCNC(=O)c1cc(C#N)cc(C)c1NC(=O)c1cc(Cn2nnnc2C(F)(F)F)nn1C1C(Cl)=CC=CN1C. The Hall–Kier alpha value is -4.71. The fourth-order valence-electron chi connectivity index (χ4n) is 4.10. The molecule has 1 aromatic carbocycles. The van der Waals surface area contributed by atoms with Crippen LogP contribution in [0.1, 0.15) is 56.6 Å². The third kappa shape index (κ3) is 5.66. The highest BCUT2D eigenvalue weighted by Crippen LogP contribution is 2.31. The van der Waals surface area contributed by atoms with Gasteiger partial charge >= 0.3 is 6.18 Å². The molecule has 3 aromatic rings. The summed E-state index contributed by atoms with van der Waals surface area (Å²) in [6.07, 6.45) is -0.660. The Balaban J connectivity index is 1.78. The summed E-state index contributed by atoms with van der Waals surface area (Å²) >= 11 is 6.45. The van der Waals surface area contributed by atoms with E-state index in [0.717, 1.165) is 0 Å². The Morgan fingerprint density at radius 3 is 2.62 bits per heavy atom. The van der Waals surface area contributed by atoms with Crippen LogP contribution in [-0.2, 0) is 12.7 Å². The van der Waals surface area contributed by atoms with E-state index in [4.69, 9.17) is 11.6 Å². The molecular formula is C24H22ClF3N10O2. The van der Waals surface area contributed by atoms with Gasteiger partial charge in [0.15, 0.2) is 6.17 Å². The average molecular weight is 575 g/mol. The van der Waals surface area contributed by atoms with Crippen molar-refractivity contribution in [3.63, 3.8) is 0 Å². The van der Waals surface area contributed by atoms with Crippen LogP contribution in [0.5, 0.6) is 0 Å². The molecule has 4 rings (SSSR count). The number of tetrazole rings is 1. The number of hydrogen-bond donors (Lipinski definition) is 2. The van der Waals surface area contributed by atoms with Gasteiger partial charge in [0, 0.05) is 19.8 Å². The number of hydrogen-bond acceptors (Lipinski definition) is 8. The normalized spacial score (nSPS) is 15.0. The number of nitrogens with zero attached hydrogens (tertiary/aromatic N) is 8. The molecule has 0 saturated carbocycles. The van der Waals surface area contributed by atoms with Crippen molar-refractivity contribution in [2.45, 2.75) is 32.7 Å². The first-order valence-corrected chi connectivity index (χ1v) is 12.1. The summed E-state index contributed by atoms with van der Waals surface area (Å²) in [6, 6.07) is 6.13. The zero-order valence-electron chi connectivity index (χ0n) is 21.4. The van der Waals surface area contributed by atoms with Crippen LogP contribution in [0.25, 0.3) is 0 Å². The Morgan fingerprint density at radius 1 is 1.23 bits per heavy atom. The summed E-state index contributed by atoms with van der Waals surface area (Å²) in [4.78, 5) is 28.1. The van der Waals surface area contributed by atoms with Gasteiger partial charge in [-0.1, -0.05) is 11.6 Å². The second kappa shape index (κ2) is 11.2. The zero-order chi connectivity index (χ0) is 29.2. The van der Waals surface area contributed by atoms with Gasteiger partial charge in [0.2, 0.25) is 0 Å². The van der Waals surface area contributed by atoms with Crippen LogP contribution in [0.4, 0.5) is 18.9 Å². The Kier molecular flexibility index (Phi) is 7.91. The highest BCUT2D eigenvalue weighted by atomic mass is 35.5. The van der Waals surface area contributed by atoms with Crippen LogP contribution in [0.2, 0.25) is 0 Å². The number of rotatable bonds is 7. The van der Waals surface area contributed by atoms with Crippen molar-refractivity contribution in [2.24, 2.45) is 0 Å². The smallest absolute Gasteiger partial charge is 0.355 e. The minimum atomic E-state index is -4.81. The maximum Gasteiger partial charge on any atom is 0.453 e. The molecule has 2 N–H and O–H groups in total. The molecule has 16 heteroatoms. The molecule has 0 bridgehead atoms. The summed E-state index contributed by atoms with van der Waals surface area (Å²) in [7, 11) is 1.68. The van der Waals surface area contributed by atoms with E-state index >= 15 is 0 Å². The monoisotopic (exact) mass is 574 g/mol. The predicted molar refractivity (Wildman–Crippen MR) is 136 cm³/mol. The minimum Gasteiger partial charge on any atom is -0.355 e. The fraction of sp³-hybridized carbons (Fsp3) is 0.292. The number of halogens is 4. The second-order valence-electron chi connectivity index (χ2n) is 8.70. The van der Waals surface area contributed by atoms with E-state index in [2.05, 4.69) is 31.3 Å². The van der Waals surface area contributed by atoms with Crippen molar-refractivity contribution < 1.29 is 22.8 Å². The van der Waals surface area contributed by atoms with Gasteiger partial charge in [-0.3, -0.25) is 9.59 Å². The lowest BCUT2D eigenvalue weighted by molar-refractivity contribution is -0.147. The largest absolute Gasteiger partial charge is 0.453 e. The lowest BCUT2D eigenvalue weighted by Gasteiger charge is -2.30. The number of nitriles is 1. The quantitative estimate of drug-likeness (QED) is 0.437. The Labute approximate surface area is 230 Å². The molecule has 1 aliphatic heterocycles. The van der Waals surface area contributed by atoms with Crippen LogP contribution in [0, 0.1) is 18.3 Å². The molecule has 0 saturated heterocycles. The van der Waals surface area contributed by atoms with Crippen molar-refractivity contribution in [1.29, 1.82) is 5.26 Å². The van der Waals surface area contributed by atoms with Crippen LogP contribution in [0.15, 0.2) is 41.6 Å². The molecule has 2 aromatic heterocycles. The number of carbonyl (C=O) groups excluding carboxylic acids is 2. The second-order valence-corrected chi connectivity index (χ2v) is 9.13. The highest BCUT2D eigenvalue weighted by molar-refractivity contribution is 6.30. The number of likely N-dealkylation sites (N-methyl/N-ethyl adjacent to an activating group) is 1. The van der Waals surface area contributed by atoms with E-state index in [1.807, 2.05) is 6.07 Å². The summed E-state index contributed by atoms with van der Waals surface area (Å²) in [5.74, 6) is -2.56. The number of amides is 2. The van der Waals surface area contributed by atoms with Gasteiger partial charge in [0.25, 0.3) is 17.6 Å². The number of alkyl halides is 3. The third-order valence-electron chi connectivity index (χ3n) is 5.84. The molecule has 1 atom stereocenters. The van der Waals surface area contributed by atoms with Crippen LogP contribution in [0.3, 0.4) is 0 Å². The first-order valence-electron chi connectivity index (χ1n) is 11.8. The van der Waals surface area contributed by atoms with Gasteiger partial charge in [0.1, 0.15) is 5.69 Å². The molecule has 1 aliphatic rings. The average Bonchev–Trinajstić information content (AvgIpc) is 3.52. The number of aryl methyl sites for hydroxylation is 1. The van der Waals surface area contributed by atoms with Gasteiger partial charge in [-0.05, 0) is 60.2 Å². The lowest BCUT2D eigenvalue weighted by Crippen LogP contribution is -2.32. The maximum absolute atomic E-state index is 13.7. The highest BCUT2D eigenvalue weighted by Gasteiger charge is 2.38. The molecule has 12 nitrogen and oxygen atoms in total. The van der Waals surface area contributed by atoms with E-state index in [9.17, 15) is 28.0 Å². The Morgan fingerprint density at radius 2 is 1.98 bits per heavy atom. The molecule has 0 fully saturated rings. The van der Waals surface area contributed by atoms with Gasteiger partial charge in [-0.25, -0.2) is 9.36 Å². The number of carbonyl (C=O) groups is 2. The third-order valence-corrected chi connectivity index (χ3v) is 6.16. The summed E-state index contributed by atoms with van der Waals surface area (Å²) < 4.78 is 41.8. The predicted octanol–water partition coefficient (Wildman–Crippen LogP) is 3.20.